The second-order valence-electron chi connectivity index (χ2n) is 4.69. The van der Waals surface area contributed by atoms with Crippen LogP contribution < -0.4 is 10.2 Å². The normalized spacial score (nSPS) is 10.4. The smallest absolute Gasteiger partial charge is 0.275 e. The van der Waals surface area contributed by atoms with E-state index in [1.165, 1.54) is 43.7 Å². The molecule has 2 aromatic rings. The molecule has 0 unspecified atom stereocenters. The highest BCUT2D eigenvalue weighted by molar-refractivity contribution is 5.98. The van der Waals surface area contributed by atoms with Crippen LogP contribution >= 0.6 is 0 Å². The number of amides is 1. The number of benzene rings is 2. The summed E-state index contributed by atoms with van der Waals surface area (Å²) in [6, 6.07) is 9.23. The summed E-state index contributed by atoms with van der Waals surface area (Å²) in [7, 11) is 1.32. The van der Waals surface area contributed by atoms with E-state index in [1.54, 1.807) is 6.07 Å². The zero-order chi connectivity index (χ0) is 18.4. The molecule has 0 aliphatic rings. The molecule has 0 fully saturated rings. The van der Waals surface area contributed by atoms with Crippen LogP contribution in [-0.2, 0) is 0 Å². The molecule has 0 bridgehead atoms. The second-order valence-corrected chi connectivity index (χ2v) is 4.69. The van der Waals surface area contributed by atoms with Crippen LogP contribution in [0.5, 0.6) is 5.75 Å². The maximum atomic E-state index is 12.1. The molecule has 0 aliphatic carbocycles. The molecule has 0 aliphatic heterocycles. The van der Waals surface area contributed by atoms with Gasteiger partial charge in [-0.2, -0.15) is 5.10 Å². The van der Waals surface area contributed by atoms with Crippen molar-refractivity contribution in [2.75, 3.05) is 7.11 Å². The van der Waals surface area contributed by atoms with Gasteiger partial charge in [0, 0.05) is 29.8 Å². The van der Waals surface area contributed by atoms with Crippen molar-refractivity contribution in [1.82, 2.24) is 5.43 Å². The minimum absolute atomic E-state index is 0.0621. The van der Waals surface area contributed by atoms with Crippen LogP contribution in [-0.4, -0.2) is 29.1 Å². The summed E-state index contributed by atoms with van der Waals surface area (Å²) in [6.45, 7) is 0. The lowest BCUT2D eigenvalue weighted by Crippen LogP contribution is -2.18. The third-order valence-corrected chi connectivity index (χ3v) is 3.10. The second kappa shape index (κ2) is 7.64. The number of non-ortho nitro benzene ring substituents is 2. The number of hydrazone groups is 1. The molecule has 10 nitrogen and oxygen atoms in total. The molecule has 0 heterocycles. The number of carbonyl (C=O) groups is 1. The van der Waals surface area contributed by atoms with Crippen molar-refractivity contribution in [3.63, 3.8) is 0 Å². The summed E-state index contributed by atoms with van der Waals surface area (Å²) in [5, 5.41) is 25.2. The molecule has 2 rings (SSSR count). The fraction of sp³-hybridized carbons (Fsp3) is 0.0667. The van der Waals surface area contributed by atoms with Crippen molar-refractivity contribution in [1.29, 1.82) is 0 Å². The lowest BCUT2D eigenvalue weighted by atomic mass is 10.1. The van der Waals surface area contributed by atoms with Crippen LogP contribution in [0.2, 0.25) is 0 Å². The summed E-state index contributed by atoms with van der Waals surface area (Å²) in [5.74, 6) is -0.573. The van der Waals surface area contributed by atoms with E-state index >= 15 is 0 Å². The van der Waals surface area contributed by atoms with Gasteiger partial charge in [-0.3, -0.25) is 25.0 Å². The summed E-state index contributed by atoms with van der Waals surface area (Å²) in [5.41, 5.74) is 2.15. The Morgan fingerprint density at radius 1 is 1.12 bits per heavy atom. The van der Waals surface area contributed by atoms with Crippen LogP contribution in [0.25, 0.3) is 0 Å². The largest absolute Gasteiger partial charge is 0.496 e. The first-order valence-electron chi connectivity index (χ1n) is 6.82. The molecule has 0 saturated carbocycles. The minimum atomic E-state index is -0.720. The van der Waals surface area contributed by atoms with Gasteiger partial charge in [0.15, 0.2) is 0 Å². The topological polar surface area (TPSA) is 137 Å². The number of nitro groups is 2. The summed E-state index contributed by atoms with van der Waals surface area (Å²) >= 11 is 0. The summed E-state index contributed by atoms with van der Waals surface area (Å²) in [4.78, 5) is 32.5. The molecule has 0 spiro atoms. The van der Waals surface area contributed by atoms with Gasteiger partial charge in [0.1, 0.15) is 5.75 Å². The van der Waals surface area contributed by atoms with Crippen LogP contribution in [0.4, 0.5) is 11.4 Å². The Labute approximate surface area is 141 Å². The fourth-order valence-electron chi connectivity index (χ4n) is 1.93. The third kappa shape index (κ3) is 4.34. The third-order valence-electron chi connectivity index (χ3n) is 3.10. The van der Waals surface area contributed by atoms with E-state index in [4.69, 9.17) is 4.74 Å². The summed E-state index contributed by atoms with van der Waals surface area (Å²) < 4.78 is 5.00. The first-order valence-corrected chi connectivity index (χ1v) is 6.82. The van der Waals surface area contributed by atoms with Crippen molar-refractivity contribution in [2.45, 2.75) is 0 Å². The van der Waals surface area contributed by atoms with Crippen molar-refractivity contribution >= 4 is 23.5 Å². The molecule has 0 atom stereocenters. The Morgan fingerprint density at radius 2 is 1.80 bits per heavy atom. The van der Waals surface area contributed by atoms with E-state index in [0.29, 0.717) is 5.56 Å². The maximum Gasteiger partial charge on any atom is 0.275 e. The molecular weight excluding hydrogens is 332 g/mol. The zero-order valence-electron chi connectivity index (χ0n) is 12.9. The molecule has 10 heteroatoms. The van der Waals surface area contributed by atoms with Crippen molar-refractivity contribution in [3.8, 4) is 5.75 Å². The monoisotopic (exact) mass is 344 g/mol. The molecule has 0 saturated heterocycles. The van der Waals surface area contributed by atoms with Gasteiger partial charge in [-0.25, -0.2) is 5.43 Å². The first kappa shape index (κ1) is 17.5. The van der Waals surface area contributed by atoms with E-state index < -0.39 is 15.8 Å². The molecule has 2 aromatic carbocycles. The number of hydrogen-bond donors (Lipinski definition) is 1. The SMILES string of the molecule is COc1ccc([N+](=O)[O-])cc1C(=O)N/N=C\c1cccc([N+](=O)[O-])c1. The van der Waals surface area contributed by atoms with E-state index in [2.05, 4.69) is 10.5 Å². The fourth-order valence-corrected chi connectivity index (χ4v) is 1.93. The van der Waals surface area contributed by atoms with Gasteiger partial charge in [-0.1, -0.05) is 12.1 Å². The number of nitro benzene ring substituents is 2. The van der Waals surface area contributed by atoms with Crippen molar-refractivity contribution in [2.24, 2.45) is 5.10 Å². The Bertz CT molecular complexity index is 865. The lowest BCUT2D eigenvalue weighted by molar-refractivity contribution is -0.385. The number of nitrogens with zero attached hydrogens (tertiary/aromatic N) is 3. The van der Waals surface area contributed by atoms with Crippen LogP contribution in [0, 0.1) is 20.2 Å². The molecular formula is C15H12N4O6. The van der Waals surface area contributed by atoms with Gasteiger partial charge in [-0.15, -0.1) is 0 Å². The van der Waals surface area contributed by atoms with E-state index in [1.807, 2.05) is 0 Å². The minimum Gasteiger partial charge on any atom is -0.496 e. The molecule has 1 amide bonds. The van der Waals surface area contributed by atoms with Crippen LogP contribution in [0.15, 0.2) is 47.6 Å². The van der Waals surface area contributed by atoms with Gasteiger partial charge in [0.25, 0.3) is 17.3 Å². The van der Waals surface area contributed by atoms with Crippen molar-refractivity contribution < 1.29 is 19.4 Å². The van der Waals surface area contributed by atoms with Crippen molar-refractivity contribution in [3.05, 3.63) is 73.8 Å². The number of nitrogens with one attached hydrogen (secondary N) is 1. The Balaban J connectivity index is 2.17. The standard InChI is InChI=1S/C15H12N4O6/c1-25-14-6-5-12(19(23)24)8-13(14)15(20)17-16-9-10-3-2-4-11(7-10)18(21)22/h2-9H,1H3,(H,17,20)/b16-9-. The number of hydrogen-bond acceptors (Lipinski definition) is 7. The van der Waals surface area contributed by atoms with Gasteiger partial charge < -0.3 is 4.74 Å². The van der Waals surface area contributed by atoms with E-state index in [0.717, 1.165) is 6.07 Å². The number of methoxy groups -OCH3 is 1. The average molecular weight is 344 g/mol. The lowest BCUT2D eigenvalue weighted by Gasteiger charge is -2.06. The zero-order valence-corrected chi connectivity index (χ0v) is 12.9. The van der Waals surface area contributed by atoms with E-state index in [-0.39, 0.29) is 22.7 Å². The van der Waals surface area contributed by atoms with Gasteiger partial charge in [-0.05, 0) is 6.07 Å². The van der Waals surface area contributed by atoms with Gasteiger partial charge in [0.05, 0.1) is 28.7 Å². The molecule has 0 aromatic heterocycles. The predicted molar refractivity (Wildman–Crippen MR) is 87.8 cm³/mol. The predicted octanol–water partition coefficient (Wildman–Crippen LogP) is 2.28. The highest BCUT2D eigenvalue weighted by Crippen LogP contribution is 2.23. The average Bonchev–Trinajstić information content (AvgIpc) is 2.61. The molecule has 1 N–H and O–H groups in total. The Kier molecular flexibility index (Phi) is 5.36. The van der Waals surface area contributed by atoms with E-state index in [9.17, 15) is 25.0 Å². The highest BCUT2D eigenvalue weighted by Gasteiger charge is 2.17. The van der Waals surface area contributed by atoms with Crippen LogP contribution in [0.3, 0.4) is 0 Å². The molecule has 25 heavy (non-hydrogen) atoms. The molecule has 0 radical (unpaired) electrons. The van der Waals surface area contributed by atoms with Gasteiger partial charge in [0.2, 0.25) is 0 Å². The summed E-state index contributed by atoms with van der Waals surface area (Å²) in [6.07, 6.45) is 1.22. The maximum absolute atomic E-state index is 12.1. The molecule has 128 valence electrons. The van der Waals surface area contributed by atoms with Crippen LogP contribution in [0.1, 0.15) is 15.9 Å². The Hall–Kier alpha value is -3.82. The first-order chi connectivity index (χ1) is 11.9. The number of rotatable bonds is 6. The number of ether oxygens (including phenoxy) is 1. The number of carbonyl (C=O) groups excluding carboxylic acids is 1. The Morgan fingerprint density at radius 3 is 2.44 bits per heavy atom. The highest BCUT2D eigenvalue weighted by atomic mass is 16.6. The quantitative estimate of drug-likeness (QED) is 0.485. The van der Waals surface area contributed by atoms with Gasteiger partial charge >= 0.3 is 0 Å².